The molecule has 3 rings (SSSR count). The Morgan fingerprint density at radius 3 is 2.57 bits per heavy atom. The number of imide groups is 1. The molecular weight excluding hydrogens is 382 g/mol. The summed E-state index contributed by atoms with van der Waals surface area (Å²) < 4.78 is 5.23. The van der Waals surface area contributed by atoms with Crippen molar-refractivity contribution >= 4 is 35.1 Å². The van der Waals surface area contributed by atoms with Crippen molar-refractivity contribution in [3.63, 3.8) is 0 Å². The van der Waals surface area contributed by atoms with E-state index in [2.05, 4.69) is 10.6 Å². The van der Waals surface area contributed by atoms with Crippen LogP contribution in [0.5, 0.6) is 5.75 Å². The monoisotopic (exact) mass is 401 g/mol. The number of halogens is 1. The summed E-state index contributed by atoms with van der Waals surface area (Å²) in [6.07, 6.45) is 0. The second kappa shape index (κ2) is 7.52. The van der Waals surface area contributed by atoms with Crippen molar-refractivity contribution in [2.45, 2.75) is 19.4 Å². The van der Waals surface area contributed by atoms with Crippen molar-refractivity contribution in [1.29, 1.82) is 0 Å². The van der Waals surface area contributed by atoms with Gasteiger partial charge in [0.1, 0.15) is 17.8 Å². The molecule has 28 heavy (non-hydrogen) atoms. The highest BCUT2D eigenvalue weighted by molar-refractivity contribution is 6.31. The molecule has 0 aliphatic carbocycles. The van der Waals surface area contributed by atoms with E-state index < -0.39 is 29.9 Å². The zero-order valence-electron chi connectivity index (χ0n) is 15.7. The summed E-state index contributed by atoms with van der Waals surface area (Å²) in [4.78, 5) is 38.6. The third-order valence-electron chi connectivity index (χ3n) is 4.68. The molecule has 4 amide bonds. The van der Waals surface area contributed by atoms with Gasteiger partial charge in [-0.1, -0.05) is 41.9 Å². The lowest BCUT2D eigenvalue weighted by Gasteiger charge is -2.22. The molecule has 2 aromatic rings. The zero-order chi connectivity index (χ0) is 20.5. The van der Waals surface area contributed by atoms with Crippen LogP contribution in [-0.4, -0.2) is 36.4 Å². The van der Waals surface area contributed by atoms with Gasteiger partial charge in [-0.3, -0.25) is 14.5 Å². The zero-order valence-corrected chi connectivity index (χ0v) is 16.5. The molecule has 0 unspecified atom stereocenters. The third kappa shape index (κ3) is 3.53. The fourth-order valence-corrected chi connectivity index (χ4v) is 3.22. The normalized spacial score (nSPS) is 18.8. The molecule has 1 atom stereocenters. The van der Waals surface area contributed by atoms with Crippen LogP contribution in [0.3, 0.4) is 0 Å². The number of nitrogens with zero attached hydrogens (tertiary/aromatic N) is 1. The van der Waals surface area contributed by atoms with Crippen LogP contribution in [-0.2, 0) is 15.1 Å². The van der Waals surface area contributed by atoms with Gasteiger partial charge in [0.05, 0.1) is 12.8 Å². The Morgan fingerprint density at radius 1 is 1.25 bits per heavy atom. The standard InChI is InChI=1S/C20H20ClN3O4/c1-12-9-15(16(28-3)10-14(12)21)22-17(25)11-24-18(26)20(2,23-19(24)27)13-7-5-4-6-8-13/h4-10H,11H2,1-3H3,(H,22,25)(H,23,27)/t20-/m1/s1. The molecule has 0 bridgehead atoms. The van der Waals surface area contributed by atoms with E-state index in [1.807, 2.05) is 6.07 Å². The molecule has 1 aliphatic rings. The highest BCUT2D eigenvalue weighted by atomic mass is 35.5. The molecule has 1 heterocycles. The minimum absolute atomic E-state index is 0.385. The number of ether oxygens (including phenoxy) is 1. The lowest BCUT2D eigenvalue weighted by Crippen LogP contribution is -2.42. The van der Waals surface area contributed by atoms with Gasteiger partial charge in [-0.2, -0.15) is 0 Å². The molecule has 2 aromatic carbocycles. The van der Waals surface area contributed by atoms with Crippen LogP contribution < -0.4 is 15.4 Å². The lowest BCUT2D eigenvalue weighted by molar-refractivity contribution is -0.133. The van der Waals surface area contributed by atoms with Gasteiger partial charge >= 0.3 is 6.03 Å². The van der Waals surface area contributed by atoms with Crippen LogP contribution in [0.2, 0.25) is 5.02 Å². The number of methoxy groups -OCH3 is 1. The average Bonchev–Trinajstić information content (AvgIpc) is 2.89. The largest absolute Gasteiger partial charge is 0.495 e. The number of anilines is 1. The van der Waals surface area contributed by atoms with Crippen LogP contribution in [0, 0.1) is 6.92 Å². The SMILES string of the molecule is COc1cc(Cl)c(C)cc1NC(=O)CN1C(=O)N[C@](C)(c2ccccc2)C1=O. The first-order valence-electron chi connectivity index (χ1n) is 8.60. The van der Waals surface area contributed by atoms with Gasteiger partial charge in [0.25, 0.3) is 5.91 Å². The fourth-order valence-electron chi connectivity index (χ4n) is 3.07. The predicted octanol–water partition coefficient (Wildman–Crippen LogP) is 3.06. The first-order valence-corrected chi connectivity index (χ1v) is 8.97. The number of hydrogen-bond donors (Lipinski definition) is 2. The van der Waals surface area contributed by atoms with Crippen LogP contribution in [0.4, 0.5) is 10.5 Å². The second-order valence-corrected chi connectivity index (χ2v) is 7.07. The molecule has 1 aliphatic heterocycles. The Morgan fingerprint density at radius 2 is 1.93 bits per heavy atom. The van der Waals surface area contributed by atoms with Gasteiger partial charge in [0.2, 0.25) is 5.91 Å². The van der Waals surface area contributed by atoms with Gasteiger partial charge in [0.15, 0.2) is 0 Å². The lowest BCUT2D eigenvalue weighted by atomic mass is 9.92. The van der Waals surface area contributed by atoms with Crippen LogP contribution >= 0.6 is 11.6 Å². The molecule has 0 spiro atoms. The molecule has 1 saturated heterocycles. The summed E-state index contributed by atoms with van der Waals surface area (Å²) in [5.74, 6) is -0.630. The highest BCUT2D eigenvalue weighted by Gasteiger charge is 2.49. The Bertz CT molecular complexity index is 948. The van der Waals surface area contributed by atoms with E-state index in [-0.39, 0.29) is 0 Å². The van der Waals surface area contributed by atoms with E-state index in [4.69, 9.17) is 16.3 Å². The molecule has 2 N–H and O–H groups in total. The number of amides is 4. The highest BCUT2D eigenvalue weighted by Crippen LogP contribution is 2.31. The second-order valence-electron chi connectivity index (χ2n) is 6.66. The summed E-state index contributed by atoms with van der Waals surface area (Å²) in [5.41, 5.74) is 0.593. The van der Waals surface area contributed by atoms with E-state index >= 15 is 0 Å². The number of aryl methyl sites for hydroxylation is 1. The predicted molar refractivity (Wildman–Crippen MR) is 105 cm³/mol. The molecular formula is C20H20ClN3O4. The quantitative estimate of drug-likeness (QED) is 0.754. The maximum absolute atomic E-state index is 12.9. The molecule has 1 fully saturated rings. The van der Waals surface area contributed by atoms with Crippen LogP contribution in [0.1, 0.15) is 18.1 Å². The van der Waals surface area contributed by atoms with Crippen molar-refractivity contribution in [2.24, 2.45) is 0 Å². The van der Waals surface area contributed by atoms with Gasteiger partial charge in [0, 0.05) is 11.1 Å². The first-order chi connectivity index (χ1) is 13.3. The van der Waals surface area contributed by atoms with Crippen molar-refractivity contribution < 1.29 is 19.1 Å². The van der Waals surface area contributed by atoms with Gasteiger partial charge < -0.3 is 15.4 Å². The first kappa shape index (κ1) is 19.7. The van der Waals surface area contributed by atoms with E-state index in [1.165, 1.54) is 7.11 Å². The van der Waals surface area contributed by atoms with E-state index in [0.717, 1.165) is 10.5 Å². The van der Waals surface area contributed by atoms with Gasteiger partial charge in [-0.05, 0) is 31.0 Å². The molecule has 0 saturated carbocycles. The number of hydrogen-bond acceptors (Lipinski definition) is 4. The summed E-state index contributed by atoms with van der Waals surface area (Å²) in [6, 6.07) is 11.5. The Labute approximate surface area is 167 Å². The van der Waals surface area contributed by atoms with Crippen LogP contribution in [0.25, 0.3) is 0 Å². The maximum Gasteiger partial charge on any atom is 0.325 e. The molecule has 0 radical (unpaired) electrons. The number of rotatable bonds is 5. The van der Waals surface area contributed by atoms with E-state index in [0.29, 0.717) is 22.0 Å². The number of nitrogens with one attached hydrogen (secondary N) is 2. The third-order valence-corrected chi connectivity index (χ3v) is 5.09. The van der Waals surface area contributed by atoms with E-state index in [9.17, 15) is 14.4 Å². The fraction of sp³-hybridized carbons (Fsp3) is 0.250. The summed E-state index contributed by atoms with van der Waals surface area (Å²) in [7, 11) is 1.46. The van der Waals surface area contributed by atoms with Gasteiger partial charge in [-0.15, -0.1) is 0 Å². The van der Waals surface area contributed by atoms with Crippen molar-refractivity contribution in [1.82, 2.24) is 10.2 Å². The molecule has 146 valence electrons. The molecule has 0 aromatic heterocycles. The van der Waals surface area contributed by atoms with Gasteiger partial charge in [-0.25, -0.2) is 4.79 Å². The molecule has 7 nitrogen and oxygen atoms in total. The number of benzene rings is 2. The Hall–Kier alpha value is -3.06. The number of carbonyl (C=O) groups excluding carboxylic acids is 3. The summed E-state index contributed by atoms with van der Waals surface area (Å²) in [6.45, 7) is 2.99. The summed E-state index contributed by atoms with van der Waals surface area (Å²) >= 11 is 6.07. The van der Waals surface area contributed by atoms with Crippen LogP contribution in [0.15, 0.2) is 42.5 Å². The number of urea groups is 1. The molecule has 8 heteroatoms. The van der Waals surface area contributed by atoms with Crippen molar-refractivity contribution in [3.8, 4) is 5.75 Å². The van der Waals surface area contributed by atoms with E-state index in [1.54, 1.807) is 50.2 Å². The van der Waals surface area contributed by atoms with Crippen molar-refractivity contribution in [3.05, 3.63) is 58.6 Å². The minimum Gasteiger partial charge on any atom is -0.495 e. The topological polar surface area (TPSA) is 87.7 Å². The number of carbonyl (C=O) groups is 3. The average molecular weight is 402 g/mol. The Balaban J connectivity index is 1.77. The van der Waals surface area contributed by atoms with Crippen molar-refractivity contribution in [2.75, 3.05) is 19.0 Å². The Kier molecular flexibility index (Phi) is 5.29. The smallest absolute Gasteiger partial charge is 0.325 e. The minimum atomic E-state index is -1.22. The summed E-state index contributed by atoms with van der Waals surface area (Å²) in [5, 5.41) is 5.84. The maximum atomic E-state index is 12.9.